The van der Waals surface area contributed by atoms with Gasteiger partial charge in [-0.25, -0.2) is 14.2 Å². The summed E-state index contributed by atoms with van der Waals surface area (Å²) in [4.78, 5) is 16.6. The van der Waals surface area contributed by atoms with Crippen LogP contribution in [0, 0.1) is 12.7 Å². The zero-order valence-corrected chi connectivity index (χ0v) is 17.4. The molecular weight excluding hydrogens is 413 g/mol. The van der Waals surface area contributed by atoms with Gasteiger partial charge in [0.15, 0.2) is 0 Å². The van der Waals surface area contributed by atoms with Crippen molar-refractivity contribution in [3.8, 4) is 17.0 Å². The summed E-state index contributed by atoms with van der Waals surface area (Å²) in [5.41, 5.74) is 7.20. The van der Waals surface area contributed by atoms with Crippen molar-refractivity contribution in [2.75, 3.05) is 5.43 Å². The fourth-order valence-electron chi connectivity index (χ4n) is 2.72. The first-order chi connectivity index (χ1) is 15.1. The number of benzene rings is 3. The molecule has 31 heavy (non-hydrogen) atoms. The Morgan fingerprint density at radius 3 is 2.45 bits per heavy atom. The van der Waals surface area contributed by atoms with Crippen molar-refractivity contribution in [2.45, 2.75) is 6.92 Å². The number of hydrogen-bond donors (Lipinski definition) is 1. The minimum atomic E-state index is -0.545. The van der Waals surface area contributed by atoms with E-state index in [-0.39, 0.29) is 5.56 Å². The summed E-state index contributed by atoms with van der Waals surface area (Å²) in [6.07, 6.45) is 1.65. The molecule has 0 aliphatic heterocycles. The number of aromatic nitrogens is 1. The van der Waals surface area contributed by atoms with Crippen molar-refractivity contribution in [1.82, 2.24) is 4.98 Å². The lowest BCUT2D eigenvalue weighted by Gasteiger charge is -2.04. The smallest absolute Gasteiger partial charge is 0.343 e. The highest BCUT2D eigenvalue weighted by Crippen LogP contribution is 2.25. The molecule has 0 amide bonds. The summed E-state index contributed by atoms with van der Waals surface area (Å²) < 4.78 is 18.2. The molecule has 3 aromatic carbocycles. The monoisotopic (exact) mass is 431 g/mol. The average Bonchev–Trinajstić information content (AvgIpc) is 3.25. The number of carbonyl (C=O) groups excluding carboxylic acids is 1. The molecule has 1 N–H and O–H groups in total. The molecule has 0 aliphatic carbocycles. The maximum Gasteiger partial charge on any atom is 0.343 e. The number of anilines is 1. The summed E-state index contributed by atoms with van der Waals surface area (Å²) in [6.45, 7) is 2.05. The number of ether oxygens (including phenoxy) is 1. The van der Waals surface area contributed by atoms with Crippen molar-refractivity contribution in [3.63, 3.8) is 0 Å². The Hall–Kier alpha value is -3.84. The maximum absolute atomic E-state index is 13.0. The minimum Gasteiger partial charge on any atom is -0.423 e. The highest BCUT2D eigenvalue weighted by molar-refractivity contribution is 7.14. The Labute approximate surface area is 182 Å². The van der Waals surface area contributed by atoms with E-state index in [0.29, 0.717) is 10.9 Å². The number of halogens is 1. The Bertz CT molecular complexity index is 1200. The van der Waals surface area contributed by atoms with Crippen LogP contribution in [0.4, 0.5) is 9.52 Å². The van der Waals surface area contributed by atoms with Crippen LogP contribution < -0.4 is 10.2 Å². The minimum absolute atomic E-state index is 0.282. The number of hydrogen-bond acceptors (Lipinski definition) is 6. The van der Waals surface area contributed by atoms with Gasteiger partial charge in [-0.1, -0.05) is 29.8 Å². The molecule has 4 aromatic rings. The van der Waals surface area contributed by atoms with Gasteiger partial charge in [-0.2, -0.15) is 5.10 Å². The molecule has 0 saturated carbocycles. The third-order valence-electron chi connectivity index (χ3n) is 4.40. The number of nitrogens with zero attached hydrogens (tertiary/aromatic N) is 2. The fourth-order valence-corrected chi connectivity index (χ4v) is 3.39. The van der Waals surface area contributed by atoms with Crippen molar-refractivity contribution < 1.29 is 13.9 Å². The van der Waals surface area contributed by atoms with E-state index in [9.17, 15) is 9.18 Å². The molecule has 7 heteroatoms. The van der Waals surface area contributed by atoms with E-state index in [0.717, 1.165) is 16.8 Å². The highest BCUT2D eigenvalue weighted by Gasteiger charge is 2.08. The third-order valence-corrected chi connectivity index (χ3v) is 5.14. The van der Waals surface area contributed by atoms with Crippen molar-refractivity contribution in [1.29, 1.82) is 0 Å². The van der Waals surface area contributed by atoms with Gasteiger partial charge in [-0.15, -0.1) is 11.3 Å². The second kappa shape index (κ2) is 9.32. The lowest BCUT2D eigenvalue weighted by atomic mass is 10.1. The van der Waals surface area contributed by atoms with Crippen LogP contribution in [-0.2, 0) is 0 Å². The predicted octanol–water partition coefficient (Wildman–Crippen LogP) is 5.92. The van der Waals surface area contributed by atoms with Crippen LogP contribution in [0.2, 0.25) is 0 Å². The molecule has 1 aromatic heterocycles. The number of aryl methyl sites for hydroxylation is 1. The van der Waals surface area contributed by atoms with E-state index in [1.807, 2.05) is 17.5 Å². The van der Waals surface area contributed by atoms with Crippen LogP contribution in [0.25, 0.3) is 11.3 Å². The van der Waals surface area contributed by atoms with Crippen LogP contribution in [0.3, 0.4) is 0 Å². The highest BCUT2D eigenvalue weighted by atomic mass is 32.1. The molecule has 154 valence electrons. The topological polar surface area (TPSA) is 63.6 Å². The van der Waals surface area contributed by atoms with E-state index in [4.69, 9.17) is 4.74 Å². The fraction of sp³-hybridized carbons (Fsp3) is 0.0417. The van der Waals surface area contributed by atoms with E-state index in [2.05, 4.69) is 34.6 Å². The Kier molecular flexibility index (Phi) is 6.14. The van der Waals surface area contributed by atoms with E-state index in [1.165, 1.54) is 41.2 Å². The molecule has 0 aliphatic rings. The maximum atomic E-state index is 13.0. The van der Waals surface area contributed by atoms with E-state index >= 15 is 0 Å². The molecule has 0 unspecified atom stereocenters. The molecule has 1 heterocycles. The van der Waals surface area contributed by atoms with Gasteiger partial charge < -0.3 is 4.74 Å². The summed E-state index contributed by atoms with van der Waals surface area (Å²) >= 11 is 1.47. The zero-order valence-electron chi connectivity index (χ0n) is 16.6. The first-order valence-corrected chi connectivity index (χ1v) is 10.3. The number of carbonyl (C=O) groups is 1. The molecule has 0 atom stereocenters. The molecular formula is C24H18FN3O2S. The molecule has 0 bridgehead atoms. The van der Waals surface area contributed by atoms with E-state index in [1.54, 1.807) is 30.5 Å². The van der Waals surface area contributed by atoms with Gasteiger partial charge in [-0.3, -0.25) is 5.43 Å². The van der Waals surface area contributed by atoms with E-state index < -0.39 is 11.8 Å². The van der Waals surface area contributed by atoms with Gasteiger partial charge in [0.1, 0.15) is 11.6 Å². The van der Waals surface area contributed by atoms with Crippen LogP contribution in [-0.4, -0.2) is 17.2 Å². The van der Waals surface area contributed by atoms with Crippen LogP contribution in [0.5, 0.6) is 5.75 Å². The van der Waals surface area contributed by atoms with Crippen LogP contribution in [0.1, 0.15) is 21.5 Å². The Morgan fingerprint density at radius 2 is 1.74 bits per heavy atom. The summed E-state index contributed by atoms with van der Waals surface area (Å²) in [5.74, 6) is -0.559. The Balaban J connectivity index is 1.33. The van der Waals surface area contributed by atoms with Gasteiger partial charge >= 0.3 is 5.97 Å². The molecule has 5 nitrogen and oxygen atoms in total. The standard InChI is InChI=1S/C24H18FN3O2S/c1-16-2-6-18(7-3-16)22-15-31-24(27-22)28-26-14-17-4-12-21(13-5-17)30-23(29)19-8-10-20(25)11-9-19/h2-15H,1H3,(H,27,28). The molecule has 0 radical (unpaired) electrons. The number of esters is 1. The predicted molar refractivity (Wildman–Crippen MR) is 121 cm³/mol. The summed E-state index contributed by atoms with van der Waals surface area (Å²) in [5, 5.41) is 6.88. The first kappa shape index (κ1) is 20.4. The lowest BCUT2D eigenvalue weighted by Crippen LogP contribution is -2.08. The molecule has 0 fully saturated rings. The Morgan fingerprint density at radius 1 is 1.03 bits per heavy atom. The second-order valence-corrected chi connectivity index (χ2v) is 7.60. The summed E-state index contributed by atoms with van der Waals surface area (Å²) in [6, 6.07) is 20.3. The number of rotatable bonds is 6. The summed E-state index contributed by atoms with van der Waals surface area (Å²) in [7, 11) is 0. The number of nitrogens with one attached hydrogen (secondary N) is 1. The van der Waals surface area contributed by atoms with Crippen LogP contribution in [0.15, 0.2) is 83.3 Å². The molecule has 4 rings (SSSR count). The quantitative estimate of drug-likeness (QED) is 0.178. The van der Waals surface area contributed by atoms with Gasteiger partial charge in [0.05, 0.1) is 17.5 Å². The van der Waals surface area contributed by atoms with Gasteiger partial charge in [-0.05, 0) is 61.0 Å². The van der Waals surface area contributed by atoms with Gasteiger partial charge in [0.25, 0.3) is 0 Å². The van der Waals surface area contributed by atoms with Crippen LogP contribution >= 0.6 is 11.3 Å². The first-order valence-electron chi connectivity index (χ1n) is 9.46. The largest absolute Gasteiger partial charge is 0.423 e. The van der Waals surface area contributed by atoms with Crippen molar-refractivity contribution >= 4 is 28.7 Å². The average molecular weight is 431 g/mol. The second-order valence-electron chi connectivity index (χ2n) is 6.74. The van der Waals surface area contributed by atoms with Gasteiger partial charge in [0, 0.05) is 10.9 Å². The lowest BCUT2D eigenvalue weighted by molar-refractivity contribution is 0.0734. The molecule has 0 saturated heterocycles. The number of hydrazone groups is 1. The van der Waals surface area contributed by atoms with Crippen molar-refractivity contribution in [2.24, 2.45) is 5.10 Å². The SMILES string of the molecule is Cc1ccc(-c2csc(NN=Cc3ccc(OC(=O)c4ccc(F)cc4)cc3)n2)cc1. The van der Waals surface area contributed by atoms with Crippen molar-refractivity contribution in [3.05, 3.63) is 101 Å². The normalized spacial score (nSPS) is 10.9. The molecule has 0 spiro atoms. The zero-order chi connectivity index (χ0) is 21.6. The third kappa shape index (κ3) is 5.40. The number of thiazole rings is 1. The van der Waals surface area contributed by atoms with Gasteiger partial charge in [0.2, 0.25) is 5.13 Å².